The molecule has 0 unspecified atom stereocenters. The Hall–Kier alpha value is -2.13. The van der Waals surface area contributed by atoms with Gasteiger partial charge >= 0.3 is 6.18 Å². The monoisotopic (exact) mass is 426 g/mol. The van der Waals surface area contributed by atoms with Crippen molar-refractivity contribution < 1.29 is 22.7 Å². The normalized spacial score (nSPS) is 15.1. The third kappa shape index (κ3) is 5.93. The quantitative estimate of drug-likeness (QED) is 0.537. The number of amides is 1. The van der Waals surface area contributed by atoms with Crippen LogP contribution in [0.25, 0.3) is 0 Å². The number of benzene rings is 2. The highest BCUT2D eigenvalue weighted by atomic mass is 32.2. The zero-order valence-electron chi connectivity index (χ0n) is 14.6. The topological polar surface area (TPSA) is 50.7 Å². The Morgan fingerprint density at radius 1 is 1.18 bits per heavy atom. The highest BCUT2D eigenvalue weighted by Gasteiger charge is 2.30. The molecule has 9 heteroatoms. The Balaban J connectivity index is 1.46. The number of carbonyl (C=O) groups is 1. The molecule has 0 aromatic heterocycles. The maximum atomic E-state index is 12.7. The average molecular weight is 426 g/mol. The summed E-state index contributed by atoms with van der Waals surface area (Å²) in [5.41, 5.74) is 2.91. The second kappa shape index (κ2) is 9.38. The van der Waals surface area contributed by atoms with Gasteiger partial charge in [-0.2, -0.15) is 18.3 Å². The van der Waals surface area contributed by atoms with Gasteiger partial charge in [0.25, 0.3) is 5.91 Å². The molecule has 0 spiro atoms. The van der Waals surface area contributed by atoms with Crippen LogP contribution in [0.5, 0.6) is 5.75 Å². The van der Waals surface area contributed by atoms with E-state index < -0.39 is 17.6 Å². The van der Waals surface area contributed by atoms with Crippen LogP contribution in [-0.4, -0.2) is 30.2 Å². The van der Waals surface area contributed by atoms with Gasteiger partial charge in [-0.1, -0.05) is 24.3 Å². The SMILES string of the molecule is O=C(COc1ccc(C2SCCS2)cc1)N/N=C\c1cccc(C(F)(F)F)c1. The zero-order valence-corrected chi connectivity index (χ0v) is 16.2. The number of hydrogen-bond donors (Lipinski definition) is 1. The molecule has 0 atom stereocenters. The second-order valence-electron chi connectivity index (χ2n) is 5.85. The van der Waals surface area contributed by atoms with Crippen molar-refractivity contribution in [2.45, 2.75) is 10.8 Å². The van der Waals surface area contributed by atoms with Crippen LogP contribution >= 0.6 is 23.5 Å². The summed E-state index contributed by atoms with van der Waals surface area (Å²) < 4.78 is 43.8. The molecule has 1 aliphatic rings. The highest BCUT2D eigenvalue weighted by molar-refractivity contribution is 8.19. The first-order chi connectivity index (χ1) is 13.4. The molecule has 1 heterocycles. The summed E-state index contributed by atoms with van der Waals surface area (Å²) in [6.07, 6.45) is -3.27. The minimum atomic E-state index is -4.42. The minimum absolute atomic E-state index is 0.231. The van der Waals surface area contributed by atoms with Crippen molar-refractivity contribution in [2.24, 2.45) is 5.10 Å². The van der Waals surface area contributed by atoms with E-state index in [9.17, 15) is 18.0 Å². The molecule has 1 saturated heterocycles. The van der Waals surface area contributed by atoms with E-state index in [1.54, 1.807) is 0 Å². The molecule has 0 radical (unpaired) electrons. The van der Waals surface area contributed by atoms with E-state index in [0.717, 1.165) is 29.9 Å². The molecule has 2 aromatic rings. The fraction of sp³-hybridized carbons (Fsp3) is 0.263. The van der Waals surface area contributed by atoms with Gasteiger partial charge in [0.05, 0.1) is 16.4 Å². The number of nitrogens with one attached hydrogen (secondary N) is 1. The van der Waals surface area contributed by atoms with Gasteiger partial charge in [-0.05, 0) is 35.4 Å². The predicted molar refractivity (Wildman–Crippen MR) is 107 cm³/mol. The Kier molecular flexibility index (Phi) is 6.90. The van der Waals surface area contributed by atoms with Crippen LogP contribution in [0.3, 0.4) is 0 Å². The largest absolute Gasteiger partial charge is 0.484 e. The zero-order chi connectivity index (χ0) is 20.0. The fourth-order valence-corrected chi connectivity index (χ4v) is 5.29. The molecule has 3 rings (SSSR count). The van der Waals surface area contributed by atoms with Gasteiger partial charge in [0.1, 0.15) is 5.75 Å². The van der Waals surface area contributed by atoms with Crippen LogP contribution in [0.4, 0.5) is 13.2 Å². The molecule has 28 heavy (non-hydrogen) atoms. The molecule has 1 N–H and O–H groups in total. The lowest BCUT2D eigenvalue weighted by Gasteiger charge is -2.10. The molecule has 1 aliphatic heterocycles. The molecule has 1 amide bonds. The van der Waals surface area contributed by atoms with Crippen LogP contribution in [-0.2, 0) is 11.0 Å². The van der Waals surface area contributed by atoms with E-state index in [1.165, 1.54) is 17.7 Å². The number of ether oxygens (including phenoxy) is 1. The molecular weight excluding hydrogens is 409 g/mol. The van der Waals surface area contributed by atoms with Crippen molar-refractivity contribution in [3.63, 3.8) is 0 Å². The van der Waals surface area contributed by atoms with Crippen molar-refractivity contribution >= 4 is 35.6 Å². The lowest BCUT2D eigenvalue weighted by atomic mass is 10.1. The third-order valence-electron chi connectivity index (χ3n) is 3.76. The highest BCUT2D eigenvalue weighted by Crippen LogP contribution is 2.45. The van der Waals surface area contributed by atoms with Gasteiger partial charge in [0.2, 0.25) is 0 Å². The van der Waals surface area contributed by atoms with Crippen molar-refractivity contribution in [3.05, 3.63) is 65.2 Å². The minimum Gasteiger partial charge on any atom is -0.484 e. The molecule has 0 aliphatic carbocycles. The Bertz CT molecular complexity index is 836. The lowest BCUT2D eigenvalue weighted by molar-refractivity contribution is -0.137. The standard InChI is InChI=1S/C19H17F3N2O2S2/c20-19(21,22)15-3-1-2-13(10-15)11-23-24-17(25)12-26-16-6-4-14(5-7-16)18-27-8-9-28-18/h1-7,10-11,18H,8-9,12H2,(H,24,25)/b23-11-. The van der Waals surface area contributed by atoms with Crippen molar-refractivity contribution in [1.29, 1.82) is 0 Å². The van der Waals surface area contributed by atoms with Crippen molar-refractivity contribution in [3.8, 4) is 5.75 Å². The molecule has 148 valence electrons. The van der Waals surface area contributed by atoms with Crippen molar-refractivity contribution in [1.82, 2.24) is 5.43 Å². The van der Waals surface area contributed by atoms with Gasteiger partial charge in [0.15, 0.2) is 6.61 Å². The van der Waals surface area contributed by atoms with Crippen LogP contribution in [0, 0.1) is 0 Å². The number of rotatable bonds is 6. The van der Waals surface area contributed by atoms with Crippen molar-refractivity contribution in [2.75, 3.05) is 18.1 Å². The van der Waals surface area contributed by atoms with E-state index in [-0.39, 0.29) is 12.2 Å². The first-order valence-electron chi connectivity index (χ1n) is 8.37. The summed E-state index contributed by atoms with van der Waals surface area (Å²) in [7, 11) is 0. The number of hydrazone groups is 1. The summed E-state index contributed by atoms with van der Waals surface area (Å²) in [6, 6.07) is 12.3. The molecular formula is C19H17F3N2O2S2. The van der Waals surface area contributed by atoms with E-state index in [2.05, 4.69) is 10.5 Å². The molecule has 4 nitrogen and oxygen atoms in total. The predicted octanol–water partition coefficient (Wildman–Crippen LogP) is 4.71. The lowest BCUT2D eigenvalue weighted by Crippen LogP contribution is -2.24. The summed E-state index contributed by atoms with van der Waals surface area (Å²) in [4.78, 5) is 11.8. The van der Waals surface area contributed by atoms with E-state index in [0.29, 0.717) is 10.3 Å². The van der Waals surface area contributed by atoms with Crippen LogP contribution in [0.2, 0.25) is 0 Å². The van der Waals surface area contributed by atoms with Crippen LogP contribution < -0.4 is 10.2 Å². The molecule has 0 saturated carbocycles. The van der Waals surface area contributed by atoms with Gasteiger partial charge in [-0.25, -0.2) is 5.43 Å². The molecule has 0 bridgehead atoms. The Labute approximate surface area is 168 Å². The third-order valence-corrected chi connectivity index (χ3v) is 6.87. The number of nitrogens with zero attached hydrogens (tertiary/aromatic N) is 1. The maximum Gasteiger partial charge on any atom is 0.416 e. The van der Waals surface area contributed by atoms with Crippen LogP contribution in [0.15, 0.2) is 53.6 Å². The fourth-order valence-electron chi connectivity index (χ4n) is 2.43. The first kappa shape index (κ1) is 20.6. The summed E-state index contributed by atoms with van der Waals surface area (Å²) in [6.45, 7) is -0.244. The summed E-state index contributed by atoms with van der Waals surface area (Å²) in [5.74, 6) is 2.35. The van der Waals surface area contributed by atoms with E-state index >= 15 is 0 Å². The van der Waals surface area contributed by atoms with E-state index in [4.69, 9.17) is 4.74 Å². The maximum absolute atomic E-state index is 12.7. The Morgan fingerprint density at radius 3 is 2.57 bits per heavy atom. The number of thioether (sulfide) groups is 2. The smallest absolute Gasteiger partial charge is 0.416 e. The molecule has 1 fully saturated rings. The number of hydrogen-bond acceptors (Lipinski definition) is 5. The van der Waals surface area contributed by atoms with Crippen LogP contribution in [0.1, 0.15) is 21.3 Å². The van der Waals surface area contributed by atoms with Gasteiger partial charge in [0, 0.05) is 11.5 Å². The van der Waals surface area contributed by atoms with Gasteiger partial charge in [-0.15, -0.1) is 23.5 Å². The number of carbonyl (C=O) groups excluding carboxylic acids is 1. The average Bonchev–Trinajstić information content (AvgIpc) is 3.21. The second-order valence-corrected chi connectivity index (χ2v) is 8.57. The molecule has 2 aromatic carbocycles. The van der Waals surface area contributed by atoms with E-state index in [1.807, 2.05) is 47.8 Å². The summed E-state index contributed by atoms with van der Waals surface area (Å²) in [5, 5.41) is 3.67. The summed E-state index contributed by atoms with van der Waals surface area (Å²) >= 11 is 3.82. The number of halogens is 3. The number of alkyl halides is 3. The first-order valence-corrected chi connectivity index (χ1v) is 10.5. The van der Waals surface area contributed by atoms with Gasteiger partial charge < -0.3 is 4.74 Å². The Morgan fingerprint density at radius 2 is 1.89 bits per heavy atom. The van der Waals surface area contributed by atoms with Gasteiger partial charge in [-0.3, -0.25) is 4.79 Å².